The summed E-state index contributed by atoms with van der Waals surface area (Å²) >= 11 is 0. The minimum Gasteiger partial charge on any atom is -0.493 e. The lowest BCUT2D eigenvalue weighted by Crippen LogP contribution is -2.14. The van der Waals surface area contributed by atoms with Crippen molar-refractivity contribution < 1.29 is 14.3 Å². The number of ether oxygens (including phenoxy) is 2. The Kier molecular flexibility index (Phi) is 5.04. The SMILES string of the molecule is NC(=O)c1cc(N)ccc1OCCCOc1ccccc1. The van der Waals surface area contributed by atoms with Crippen molar-refractivity contribution in [3.63, 3.8) is 0 Å². The number of amides is 1. The van der Waals surface area contributed by atoms with Crippen molar-refractivity contribution in [3.05, 3.63) is 54.1 Å². The molecule has 5 heteroatoms. The van der Waals surface area contributed by atoms with Gasteiger partial charge < -0.3 is 20.9 Å². The highest BCUT2D eigenvalue weighted by molar-refractivity contribution is 5.96. The summed E-state index contributed by atoms with van der Waals surface area (Å²) in [6.45, 7) is 0.960. The largest absolute Gasteiger partial charge is 0.493 e. The van der Waals surface area contributed by atoms with Crippen molar-refractivity contribution in [2.75, 3.05) is 18.9 Å². The molecule has 0 saturated heterocycles. The highest BCUT2D eigenvalue weighted by Crippen LogP contribution is 2.21. The van der Waals surface area contributed by atoms with E-state index in [1.807, 2.05) is 30.3 Å². The number of primary amides is 1. The van der Waals surface area contributed by atoms with Gasteiger partial charge >= 0.3 is 0 Å². The van der Waals surface area contributed by atoms with Crippen LogP contribution in [-0.4, -0.2) is 19.1 Å². The van der Waals surface area contributed by atoms with Crippen LogP contribution in [0.4, 0.5) is 5.69 Å². The van der Waals surface area contributed by atoms with Crippen LogP contribution in [0.15, 0.2) is 48.5 Å². The second-order valence-corrected chi connectivity index (χ2v) is 4.48. The molecule has 0 saturated carbocycles. The summed E-state index contributed by atoms with van der Waals surface area (Å²) in [6.07, 6.45) is 0.692. The summed E-state index contributed by atoms with van der Waals surface area (Å²) < 4.78 is 11.1. The molecule has 2 rings (SSSR count). The molecule has 0 aliphatic carbocycles. The molecule has 0 bridgehead atoms. The third-order valence-electron chi connectivity index (χ3n) is 2.83. The summed E-state index contributed by atoms with van der Waals surface area (Å²) in [6, 6.07) is 14.4. The Morgan fingerprint density at radius 1 is 1.00 bits per heavy atom. The van der Waals surface area contributed by atoms with Gasteiger partial charge in [-0.1, -0.05) is 18.2 Å². The predicted molar refractivity (Wildman–Crippen MR) is 81.4 cm³/mol. The van der Waals surface area contributed by atoms with E-state index in [0.29, 0.717) is 36.6 Å². The molecule has 0 aliphatic rings. The number of hydrogen-bond acceptors (Lipinski definition) is 4. The van der Waals surface area contributed by atoms with Crippen LogP contribution in [0.2, 0.25) is 0 Å². The van der Waals surface area contributed by atoms with Crippen molar-refractivity contribution in [1.82, 2.24) is 0 Å². The number of nitrogen functional groups attached to an aromatic ring is 1. The van der Waals surface area contributed by atoms with E-state index >= 15 is 0 Å². The van der Waals surface area contributed by atoms with Crippen molar-refractivity contribution in [3.8, 4) is 11.5 Å². The van der Waals surface area contributed by atoms with Crippen molar-refractivity contribution >= 4 is 11.6 Å². The Hall–Kier alpha value is -2.69. The maximum absolute atomic E-state index is 11.3. The van der Waals surface area contributed by atoms with E-state index in [0.717, 1.165) is 5.75 Å². The molecule has 0 heterocycles. The lowest BCUT2D eigenvalue weighted by Gasteiger charge is -2.11. The van der Waals surface area contributed by atoms with E-state index in [2.05, 4.69) is 0 Å². The number of nitrogens with two attached hydrogens (primary N) is 2. The van der Waals surface area contributed by atoms with Crippen LogP contribution < -0.4 is 20.9 Å². The second kappa shape index (κ2) is 7.19. The van der Waals surface area contributed by atoms with Gasteiger partial charge in [-0.25, -0.2) is 0 Å². The molecule has 0 aliphatic heterocycles. The Labute approximate surface area is 123 Å². The van der Waals surface area contributed by atoms with Gasteiger partial charge in [0.25, 0.3) is 5.91 Å². The molecule has 2 aromatic rings. The van der Waals surface area contributed by atoms with Crippen LogP contribution in [0.3, 0.4) is 0 Å². The van der Waals surface area contributed by atoms with E-state index in [-0.39, 0.29) is 0 Å². The molecular formula is C16H18N2O3. The minimum atomic E-state index is -0.558. The normalized spacial score (nSPS) is 10.1. The van der Waals surface area contributed by atoms with Gasteiger partial charge in [0.15, 0.2) is 0 Å². The summed E-state index contributed by atoms with van der Waals surface area (Å²) in [4.78, 5) is 11.3. The van der Waals surface area contributed by atoms with E-state index in [1.165, 1.54) is 6.07 Å². The maximum atomic E-state index is 11.3. The Bertz CT molecular complexity index is 600. The first kappa shape index (κ1) is 14.7. The molecule has 1 amide bonds. The van der Waals surface area contributed by atoms with Crippen molar-refractivity contribution in [2.24, 2.45) is 5.73 Å². The predicted octanol–water partition coefficient (Wildman–Crippen LogP) is 2.22. The number of carbonyl (C=O) groups excluding carboxylic acids is 1. The summed E-state index contributed by atoms with van der Waals surface area (Å²) in [5.41, 5.74) is 11.7. The number of rotatable bonds is 7. The smallest absolute Gasteiger partial charge is 0.252 e. The second-order valence-electron chi connectivity index (χ2n) is 4.48. The topological polar surface area (TPSA) is 87.6 Å². The molecule has 4 N–H and O–H groups in total. The van der Waals surface area contributed by atoms with Gasteiger partial charge in [-0.2, -0.15) is 0 Å². The molecule has 0 atom stereocenters. The lowest BCUT2D eigenvalue weighted by atomic mass is 10.1. The zero-order chi connectivity index (χ0) is 15.1. The highest BCUT2D eigenvalue weighted by Gasteiger charge is 2.09. The molecule has 21 heavy (non-hydrogen) atoms. The summed E-state index contributed by atoms with van der Waals surface area (Å²) in [5.74, 6) is 0.706. The average Bonchev–Trinajstić information content (AvgIpc) is 2.49. The van der Waals surface area contributed by atoms with Gasteiger partial charge in [-0.3, -0.25) is 4.79 Å². The van der Waals surface area contributed by atoms with Gasteiger partial charge in [0, 0.05) is 12.1 Å². The number of hydrogen-bond donors (Lipinski definition) is 2. The monoisotopic (exact) mass is 286 g/mol. The van der Waals surface area contributed by atoms with Crippen LogP contribution in [0.5, 0.6) is 11.5 Å². The lowest BCUT2D eigenvalue weighted by molar-refractivity contribution is 0.0996. The third-order valence-corrected chi connectivity index (χ3v) is 2.83. The highest BCUT2D eigenvalue weighted by atomic mass is 16.5. The molecule has 5 nitrogen and oxygen atoms in total. The van der Waals surface area contributed by atoms with Crippen molar-refractivity contribution in [1.29, 1.82) is 0 Å². The van der Waals surface area contributed by atoms with Crippen LogP contribution in [0.1, 0.15) is 16.8 Å². The van der Waals surface area contributed by atoms with Gasteiger partial charge in [-0.05, 0) is 30.3 Å². The molecule has 0 spiro atoms. The Morgan fingerprint density at radius 2 is 1.71 bits per heavy atom. The molecular weight excluding hydrogens is 268 g/mol. The Balaban J connectivity index is 1.80. The van der Waals surface area contributed by atoms with Gasteiger partial charge in [0.2, 0.25) is 0 Å². The number of carbonyl (C=O) groups is 1. The zero-order valence-electron chi connectivity index (χ0n) is 11.6. The van der Waals surface area contributed by atoms with Crippen LogP contribution in [0, 0.1) is 0 Å². The standard InChI is InChI=1S/C16H18N2O3/c17-12-7-8-15(14(11-12)16(18)19)21-10-4-9-20-13-5-2-1-3-6-13/h1-3,5-8,11H,4,9-10,17H2,(H2,18,19). The summed E-state index contributed by atoms with van der Waals surface area (Å²) in [5, 5.41) is 0. The fraction of sp³-hybridized carbons (Fsp3) is 0.188. The molecule has 0 fully saturated rings. The molecule has 0 unspecified atom stereocenters. The number of benzene rings is 2. The quantitative estimate of drug-likeness (QED) is 0.603. The first-order chi connectivity index (χ1) is 10.2. The van der Waals surface area contributed by atoms with Crippen LogP contribution in [-0.2, 0) is 0 Å². The van der Waals surface area contributed by atoms with Gasteiger partial charge in [0.05, 0.1) is 18.8 Å². The van der Waals surface area contributed by atoms with Crippen LogP contribution >= 0.6 is 0 Å². The first-order valence-electron chi connectivity index (χ1n) is 6.67. The van der Waals surface area contributed by atoms with Gasteiger partial charge in [-0.15, -0.1) is 0 Å². The average molecular weight is 286 g/mol. The van der Waals surface area contributed by atoms with Crippen molar-refractivity contribution in [2.45, 2.75) is 6.42 Å². The molecule has 0 radical (unpaired) electrons. The maximum Gasteiger partial charge on any atom is 0.252 e. The number of para-hydroxylation sites is 1. The summed E-state index contributed by atoms with van der Waals surface area (Å²) in [7, 11) is 0. The van der Waals surface area contributed by atoms with E-state index < -0.39 is 5.91 Å². The van der Waals surface area contributed by atoms with E-state index in [9.17, 15) is 4.79 Å². The zero-order valence-corrected chi connectivity index (χ0v) is 11.6. The third kappa shape index (κ3) is 4.42. The van der Waals surface area contributed by atoms with E-state index in [4.69, 9.17) is 20.9 Å². The molecule has 2 aromatic carbocycles. The minimum absolute atomic E-state index is 0.291. The molecule has 0 aromatic heterocycles. The fourth-order valence-electron chi connectivity index (χ4n) is 1.81. The number of anilines is 1. The first-order valence-corrected chi connectivity index (χ1v) is 6.67. The Morgan fingerprint density at radius 3 is 2.43 bits per heavy atom. The van der Waals surface area contributed by atoms with E-state index in [1.54, 1.807) is 12.1 Å². The fourth-order valence-corrected chi connectivity index (χ4v) is 1.81. The van der Waals surface area contributed by atoms with Gasteiger partial charge in [0.1, 0.15) is 11.5 Å². The van der Waals surface area contributed by atoms with Crippen LogP contribution in [0.25, 0.3) is 0 Å². The molecule has 110 valence electrons.